The van der Waals surface area contributed by atoms with Gasteiger partial charge in [0.05, 0.1) is 31.8 Å². The number of hydrogen-bond acceptors (Lipinski definition) is 13. The lowest BCUT2D eigenvalue weighted by Gasteiger charge is -2.29. The SMILES string of the molecule is CCO/C(C)=N\OCC(=O)NCC(=O)N[C@@H](CC(C)C)C(=O)N[C@@H](COC(C)(C)C)C(=O)N[C@@H](CC(=O)OC(C)(C)C)C(=O)N[C@H](C(=O)NCC(=O)O)C(C)C. The molecular weight excluding hydrogens is 738 g/mol. The molecule has 0 rings (SSSR count). The summed E-state index contributed by atoms with van der Waals surface area (Å²) in [5.74, 6) is -7.54. The molecule has 0 aliphatic carbocycles. The van der Waals surface area contributed by atoms with Gasteiger partial charge in [-0.05, 0) is 66.7 Å². The van der Waals surface area contributed by atoms with Crippen molar-refractivity contribution in [3.63, 3.8) is 0 Å². The van der Waals surface area contributed by atoms with Crippen LogP contribution in [-0.4, -0.2) is 127 Å². The first kappa shape index (κ1) is 51.0. The lowest BCUT2D eigenvalue weighted by Crippen LogP contribution is -2.60. The highest BCUT2D eigenvalue weighted by Crippen LogP contribution is 2.12. The van der Waals surface area contributed by atoms with Gasteiger partial charge in [-0.2, -0.15) is 0 Å². The molecule has 6 amide bonds. The van der Waals surface area contributed by atoms with E-state index < -0.39 is 121 Å². The monoisotopic (exact) mass is 801 g/mol. The highest BCUT2D eigenvalue weighted by Gasteiger charge is 2.35. The molecule has 0 aliphatic heterocycles. The Hall–Kier alpha value is -5.01. The molecule has 0 fully saturated rings. The van der Waals surface area contributed by atoms with Crippen molar-refractivity contribution >= 4 is 53.3 Å². The molecular formula is C36H63N7O13. The maximum absolute atomic E-state index is 13.9. The molecule has 0 spiro atoms. The van der Waals surface area contributed by atoms with Crippen molar-refractivity contribution in [3.05, 3.63) is 0 Å². The highest BCUT2D eigenvalue weighted by molar-refractivity contribution is 5.97. The van der Waals surface area contributed by atoms with E-state index in [9.17, 15) is 38.4 Å². The zero-order chi connectivity index (χ0) is 43.4. The van der Waals surface area contributed by atoms with Gasteiger partial charge in [0.2, 0.25) is 35.4 Å². The Morgan fingerprint density at radius 3 is 1.79 bits per heavy atom. The van der Waals surface area contributed by atoms with Gasteiger partial charge in [0.15, 0.2) is 6.61 Å². The molecule has 0 radical (unpaired) electrons. The topological polar surface area (TPSA) is 278 Å². The van der Waals surface area contributed by atoms with Crippen LogP contribution in [0.3, 0.4) is 0 Å². The summed E-state index contributed by atoms with van der Waals surface area (Å²) in [6, 6.07) is -5.54. The number of carbonyl (C=O) groups is 8. The fraction of sp³-hybridized carbons (Fsp3) is 0.750. The Bertz CT molecular complexity index is 1390. The van der Waals surface area contributed by atoms with Crippen molar-refractivity contribution in [2.24, 2.45) is 17.0 Å². The number of aliphatic carboxylic acids is 1. The van der Waals surface area contributed by atoms with Crippen LogP contribution in [0.1, 0.15) is 95.9 Å². The van der Waals surface area contributed by atoms with E-state index in [0.717, 1.165) is 0 Å². The maximum atomic E-state index is 13.9. The van der Waals surface area contributed by atoms with E-state index in [1.807, 2.05) is 0 Å². The zero-order valence-corrected chi connectivity index (χ0v) is 34.7. The fourth-order valence-corrected chi connectivity index (χ4v) is 4.48. The average molecular weight is 802 g/mol. The Balaban J connectivity index is 6.26. The first-order valence-electron chi connectivity index (χ1n) is 18.4. The van der Waals surface area contributed by atoms with E-state index in [-0.39, 0.29) is 18.2 Å². The van der Waals surface area contributed by atoms with Crippen LogP contribution in [0.15, 0.2) is 5.16 Å². The molecule has 0 aromatic carbocycles. The quantitative estimate of drug-likeness (QED) is 0.0308. The Morgan fingerprint density at radius 1 is 0.696 bits per heavy atom. The van der Waals surface area contributed by atoms with Gasteiger partial charge in [-0.15, -0.1) is 0 Å². The number of carbonyl (C=O) groups excluding carboxylic acids is 7. The summed E-state index contributed by atoms with van der Waals surface area (Å²) >= 11 is 0. The predicted octanol–water partition coefficient (Wildman–Crippen LogP) is -0.122. The van der Waals surface area contributed by atoms with Crippen LogP contribution >= 0.6 is 0 Å². The highest BCUT2D eigenvalue weighted by atomic mass is 16.6. The maximum Gasteiger partial charge on any atom is 0.322 e. The van der Waals surface area contributed by atoms with Crippen LogP contribution in [0.2, 0.25) is 0 Å². The van der Waals surface area contributed by atoms with Crippen LogP contribution in [0, 0.1) is 11.8 Å². The fourth-order valence-electron chi connectivity index (χ4n) is 4.48. The molecule has 0 aromatic heterocycles. The van der Waals surface area contributed by atoms with E-state index >= 15 is 0 Å². The van der Waals surface area contributed by atoms with Crippen LogP contribution in [-0.2, 0) is 57.4 Å². The standard InChI is InChI=1S/C36H63N7O13/c1-13-53-22(6)43-55-19-27(45)37-16-26(44)39-23(14-20(2)3)31(49)41-25(18-54-35(7,8)9)33(51)40-24(15-29(48)56-36(10,11)12)32(50)42-30(21(4)5)34(52)38-17-28(46)47/h20-21,23-25,30H,13-19H2,1-12H3,(H,37,45)(H,38,52)(H,39,44)(H,40,51)(H,41,49)(H,42,50)(H,46,47)/b43-22-/t23-,24-,25-,30-/m0/s1. The van der Waals surface area contributed by atoms with Gasteiger partial charge in [0.1, 0.15) is 36.3 Å². The number of carboxylic acid groups (broad SMARTS) is 1. The van der Waals surface area contributed by atoms with E-state index in [1.165, 1.54) is 6.92 Å². The summed E-state index contributed by atoms with van der Waals surface area (Å²) in [6.07, 6.45) is -0.558. The van der Waals surface area contributed by atoms with E-state index in [1.54, 1.807) is 76.2 Å². The number of amides is 6. The minimum absolute atomic E-state index is 0.123. The largest absolute Gasteiger partial charge is 0.480 e. The molecule has 0 saturated carbocycles. The summed E-state index contributed by atoms with van der Waals surface area (Å²) in [4.78, 5) is 108. The van der Waals surface area contributed by atoms with E-state index in [0.29, 0.717) is 6.61 Å². The average Bonchev–Trinajstić information content (AvgIpc) is 3.04. The second-order valence-corrected chi connectivity index (χ2v) is 15.5. The lowest BCUT2D eigenvalue weighted by molar-refractivity contribution is -0.157. The summed E-state index contributed by atoms with van der Waals surface area (Å²) in [5.41, 5.74) is -1.76. The molecule has 20 nitrogen and oxygen atoms in total. The van der Waals surface area contributed by atoms with Crippen LogP contribution in [0.5, 0.6) is 0 Å². The zero-order valence-electron chi connectivity index (χ0n) is 34.7. The first-order valence-corrected chi connectivity index (χ1v) is 18.4. The van der Waals surface area contributed by atoms with Crippen molar-refractivity contribution in [3.8, 4) is 0 Å². The molecule has 0 aromatic rings. The lowest BCUT2D eigenvalue weighted by atomic mass is 10.0. The van der Waals surface area contributed by atoms with Gasteiger partial charge < -0.3 is 56.1 Å². The molecule has 0 heterocycles. The smallest absolute Gasteiger partial charge is 0.322 e. The number of nitrogens with one attached hydrogen (secondary N) is 6. The molecule has 320 valence electrons. The second-order valence-electron chi connectivity index (χ2n) is 15.5. The summed E-state index contributed by atoms with van der Waals surface area (Å²) < 4.78 is 16.3. The molecule has 0 unspecified atom stereocenters. The number of nitrogens with zero attached hydrogens (tertiary/aromatic N) is 1. The van der Waals surface area contributed by atoms with E-state index in [4.69, 9.17) is 24.2 Å². The molecule has 4 atom stereocenters. The predicted molar refractivity (Wildman–Crippen MR) is 203 cm³/mol. The van der Waals surface area contributed by atoms with Gasteiger partial charge >= 0.3 is 11.9 Å². The van der Waals surface area contributed by atoms with Crippen molar-refractivity contribution in [2.75, 3.05) is 32.9 Å². The Kier molecular flexibility index (Phi) is 22.3. The number of carboxylic acids is 1. The molecule has 20 heteroatoms. The van der Waals surface area contributed by atoms with Crippen LogP contribution in [0.4, 0.5) is 0 Å². The van der Waals surface area contributed by atoms with Crippen molar-refractivity contribution < 1.29 is 62.5 Å². The minimum Gasteiger partial charge on any atom is -0.480 e. The number of hydrogen-bond donors (Lipinski definition) is 7. The molecule has 0 bridgehead atoms. The van der Waals surface area contributed by atoms with E-state index in [2.05, 4.69) is 37.1 Å². The summed E-state index contributed by atoms with van der Waals surface area (Å²) in [7, 11) is 0. The molecule has 7 N–H and O–H groups in total. The number of oxime groups is 1. The molecule has 0 aliphatic rings. The number of esters is 1. The Labute approximate surface area is 328 Å². The minimum atomic E-state index is -1.63. The van der Waals surface area contributed by atoms with Gasteiger partial charge in [-0.25, -0.2) is 0 Å². The molecule has 56 heavy (non-hydrogen) atoms. The van der Waals surface area contributed by atoms with Crippen LogP contribution in [0.25, 0.3) is 0 Å². The van der Waals surface area contributed by atoms with Crippen molar-refractivity contribution in [1.82, 2.24) is 31.9 Å². The van der Waals surface area contributed by atoms with Crippen LogP contribution < -0.4 is 31.9 Å². The van der Waals surface area contributed by atoms with Gasteiger partial charge in [0, 0.05) is 6.92 Å². The Morgan fingerprint density at radius 2 is 1.27 bits per heavy atom. The van der Waals surface area contributed by atoms with Crippen molar-refractivity contribution in [1.29, 1.82) is 0 Å². The number of ether oxygens (including phenoxy) is 3. The third-order valence-electron chi connectivity index (χ3n) is 6.95. The summed E-state index contributed by atoms with van der Waals surface area (Å²) in [6.45, 7) is 18.2. The second kappa shape index (κ2) is 24.5. The summed E-state index contributed by atoms with van der Waals surface area (Å²) in [5, 5.41) is 27.2. The van der Waals surface area contributed by atoms with Gasteiger partial charge in [0.25, 0.3) is 5.91 Å². The number of rotatable bonds is 23. The third kappa shape index (κ3) is 23.7. The molecule has 0 saturated heterocycles. The first-order chi connectivity index (χ1) is 25.7. The van der Waals surface area contributed by atoms with Gasteiger partial charge in [-0.1, -0.05) is 32.9 Å². The van der Waals surface area contributed by atoms with Crippen molar-refractivity contribution in [2.45, 2.75) is 131 Å². The van der Waals surface area contributed by atoms with Gasteiger partial charge in [-0.3, -0.25) is 38.4 Å². The normalized spacial score (nSPS) is 14.0. The third-order valence-corrected chi connectivity index (χ3v) is 6.95.